The Balaban J connectivity index is 1.95. The molecular formula is C14H19N3O2. The van der Waals surface area contributed by atoms with Gasteiger partial charge in [0.25, 0.3) is 0 Å². The first kappa shape index (κ1) is 12.1. The van der Waals surface area contributed by atoms with Gasteiger partial charge >= 0.3 is 0 Å². The number of ether oxygens (including phenoxy) is 1. The van der Waals surface area contributed by atoms with E-state index < -0.39 is 0 Å². The van der Waals surface area contributed by atoms with Crippen molar-refractivity contribution < 1.29 is 9.53 Å². The highest BCUT2D eigenvalue weighted by Gasteiger charge is 2.41. The van der Waals surface area contributed by atoms with Gasteiger partial charge in [-0.15, -0.1) is 0 Å². The van der Waals surface area contributed by atoms with Crippen LogP contribution in [-0.2, 0) is 4.79 Å². The molecule has 3 rings (SSSR count). The van der Waals surface area contributed by atoms with E-state index in [1.54, 1.807) is 7.11 Å². The van der Waals surface area contributed by atoms with Gasteiger partial charge in [-0.1, -0.05) is 6.07 Å². The van der Waals surface area contributed by atoms with Gasteiger partial charge in [0.1, 0.15) is 5.75 Å². The van der Waals surface area contributed by atoms with Gasteiger partial charge in [-0.25, -0.2) is 0 Å². The third kappa shape index (κ3) is 1.89. The van der Waals surface area contributed by atoms with Crippen molar-refractivity contribution >= 4 is 17.3 Å². The molecule has 5 nitrogen and oxygen atoms in total. The molecule has 0 saturated carbocycles. The highest BCUT2D eigenvalue weighted by molar-refractivity contribution is 5.84. The maximum atomic E-state index is 11.8. The number of amides is 1. The molecule has 0 bridgehead atoms. The van der Waals surface area contributed by atoms with Crippen molar-refractivity contribution in [2.75, 3.05) is 30.8 Å². The fourth-order valence-electron chi connectivity index (χ4n) is 3.21. The molecule has 2 unspecified atom stereocenters. The first-order valence-electron chi connectivity index (χ1n) is 6.69. The number of nitrogens with one attached hydrogen (secondary N) is 1. The van der Waals surface area contributed by atoms with Crippen molar-refractivity contribution in [1.82, 2.24) is 5.32 Å². The number of hydrogen-bond donors (Lipinski definition) is 2. The zero-order valence-electron chi connectivity index (χ0n) is 11.1. The summed E-state index contributed by atoms with van der Waals surface area (Å²) in [6.45, 7) is 1.65. The van der Waals surface area contributed by atoms with Gasteiger partial charge in [0.05, 0.1) is 30.4 Å². The molecule has 102 valence electrons. The molecule has 1 amide bonds. The van der Waals surface area contributed by atoms with E-state index in [-0.39, 0.29) is 17.9 Å². The zero-order chi connectivity index (χ0) is 13.4. The second-order valence-electron chi connectivity index (χ2n) is 5.15. The van der Waals surface area contributed by atoms with Gasteiger partial charge in [0.2, 0.25) is 5.91 Å². The van der Waals surface area contributed by atoms with Crippen LogP contribution >= 0.6 is 0 Å². The third-order valence-electron chi connectivity index (χ3n) is 4.17. The van der Waals surface area contributed by atoms with Crippen LogP contribution in [0.3, 0.4) is 0 Å². The minimum atomic E-state index is 0.0966. The van der Waals surface area contributed by atoms with Crippen LogP contribution in [0.1, 0.15) is 12.8 Å². The fourth-order valence-corrected chi connectivity index (χ4v) is 3.21. The lowest BCUT2D eigenvalue weighted by Crippen LogP contribution is -2.46. The summed E-state index contributed by atoms with van der Waals surface area (Å²) in [6, 6.07) is 6.02. The first-order chi connectivity index (χ1) is 9.22. The molecule has 5 heteroatoms. The van der Waals surface area contributed by atoms with Crippen LogP contribution in [0.15, 0.2) is 18.2 Å². The summed E-state index contributed by atoms with van der Waals surface area (Å²) in [7, 11) is 1.62. The molecule has 2 fully saturated rings. The number of fused-ring (bicyclic) bond motifs is 1. The number of methoxy groups -OCH3 is 1. The van der Waals surface area contributed by atoms with Crippen molar-refractivity contribution in [1.29, 1.82) is 0 Å². The highest BCUT2D eigenvalue weighted by atomic mass is 16.5. The molecule has 1 aromatic rings. The molecule has 2 aliphatic heterocycles. The average molecular weight is 261 g/mol. The summed E-state index contributed by atoms with van der Waals surface area (Å²) in [5, 5.41) is 2.96. The smallest absolute Gasteiger partial charge is 0.225 e. The first-order valence-corrected chi connectivity index (χ1v) is 6.69. The van der Waals surface area contributed by atoms with E-state index in [4.69, 9.17) is 10.5 Å². The number of rotatable bonds is 2. The number of anilines is 2. The molecule has 0 spiro atoms. The van der Waals surface area contributed by atoms with E-state index >= 15 is 0 Å². The average Bonchev–Trinajstić information content (AvgIpc) is 2.81. The molecule has 2 atom stereocenters. The summed E-state index contributed by atoms with van der Waals surface area (Å²) in [5.74, 6) is 0.965. The molecule has 3 N–H and O–H groups in total. The van der Waals surface area contributed by atoms with E-state index in [2.05, 4.69) is 10.2 Å². The number of carbonyl (C=O) groups is 1. The van der Waals surface area contributed by atoms with E-state index in [0.29, 0.717) is 18.0 Å². The summed E-state index contributed by atoms with van der Waals surface area (Å²) in [4.78, 5) is 14.1. The lowest BCUT2D eigenvalue weighted by molar-refractivity contribution is -0.122. The molecule has 1 aromatic carbocycles. The summed E-state index contributed by atoms with van der Waals surface area (Å²) in [5.41, 5.74) is 7.80. The second kappa shape index (κ2) is 4.64. The predicted molar refractivity (Wildman–Crippen MR) is 74.3 cm³/mol. The van der Waals surface area contributed by atoms with Crippen molar-refractivity contribution in [3.63, 3.8) is 0 Å². The number of carbonyl (C=O) groups excluding carboxylic acids is 1. The van der Waals surface area contributed by atoms with E-state index in [9.17, 15) is 4.79 Å². The lowest BCUT2D eigenvalue weighted by Gasteiger charge is -2.38. The van der Waals surface area contributed by atoms with E-state index in [1.165, 1.54) is 0 Å². The topological polar surface area (TPSA) is 67.6 Å². The molecule has 2 saturated heterocycles. The van der Waals surface area contributed by atoms with Gasteiger partial charge < -0.3 is 20.7 Å². The maximum absolute atomic E-state index is 11.8. The van der Waals surface area contributed by atoms with Gasteiger partial charge in [0.15, 0.2) is 0 Å². The minimum Gasteiger partial charge on any atom is -0.495 e. The lowest BCUT2D eigenvalue weighted by atomic mass is 9.91. The number of hydrogen-bond acceptors (Lipinski definition) is 4. The molecule has 0 aliphatic carbocycles. The van der Waals surface area contributed by atoms with Crippen LogP contribution in [0.4, 0.5) is 11.4 Å². The highest BCUT2D eigenvalue weighted by Crippen LogP contribution is 2.38. The van der Waals surface area contributed by atoms with E-state index in [1.807, 2.05) is 18.2 Å². The Morgan fingerprint density at radius 3 is 3.11 bits per heavy atom. The molecule has 0 aromatic heterocycles. The van der Waals surface area contributed by atoms with Gasteiger partial charge in [-0.3, -0.25) is 4.79 Å². The third-order valence-corrected chi connectivity index (χ3v) is 4.17. The Bertz CT molecular complexity index is 503. The monoisotopic (exact) mass is 261 g/mol. The number of para-hydroxylation sites is 1. The van der Waals surface area contributed by atoms with Crippen molar-refractivity contribution in [2.45, 2.75) is 18.9 Å². The number of piperidine rings is 1. The predicted octanol–water partition coefficient (Wildman–Crippen LogP) is 0.992. The Hall–Kier alpha value is -1.91. The van der Waals surface area contributed by atoms with Gasteiger partial charge in [0, 0.05) is 13.1 Å². The minimum absolute atomic E-state index is 0.0966. The van der Waals surface area contributed by atoms with Crippen molar-refractivity contribution in [3.05, 3.63) is 18.2 Å². The van der Waals surface area contributed by atoms with Crippen LogP contribution in [0.5, 0.6) is 5.75 Å². The molecular weight excluding hydrogens is 242 g/mol. The summed E-state index contributed by atoms with van der Waals surface area (Å²) >= 11 is 0. The zero-order valence-corrected chi connectivity index (χ0v) is 11.1. The maximum Gasteiger partial charge on any atom is 0.225 e. The number of nitrogens with two attached hydrogens (primary N) is 1. The van der Waals surface area contributed by atoms with E-state index in [0.717, 1.165) is 25.1 Å². The van der Waals surface area contributed by atoms with Crippen molar-refractivity contribution in [3.8, 4) is 5.75 Å². The molecule has 2 heterocycles. The second-order valence-corrected chi connectivity index (χ2v) is 5.15. The fraction of sp³-hybridized carbons (Fsp3) is 0.500. The van der Waals surface area contributed by atoms with Crippen molar-refractivity contribution in [2.24, 2.45) is 5.92 Å². The Morgan fingerprint density at radius 2 is 2.32 bits per heavy atom. The van der Waals surface area contributed by atoms with Crippen LogP contribution in [0, 0.1) is 5.92 Å². The quantitative estimate of drug-likeness (QED) is 0.779. The van der Waals surface area contributed by atoms with Crippen LogP contribution in [-0.4, -0.2) is 32.1 Å². The molecule has 19 heavy (non-hydrogen) atoms. The Labute approximate surface area is 112 Å². The molecule has 2 aliphatic rings. The standard InChI is InChI=1S/C14H19N3O2/c1-19-12-6-2-5-10(13(12)15)17-7-3-4-9-11(17)8-16-14(9)18/h2,5-6,9,11H,3-4,7-8,15H2,1H3,(H,16,18). The van der Waals surface area contributed by atoms with Gasteiger partial charge in [-0.2, -0.15) is 0 Å². The number of nitrogens with zero attached hydrogens (tertiary/aromatic N) is 1. The SMILES string of the molecule is COc1cccc(N2CCCC3C(=O)NCC32)c1N. The van der Waals surface area contributed by atoms with Crippen LogP contribution in [0.25, 0.3) is 0 Å². The normalized spacial score (nSPS) is 25.9. The Kier molecular flexibility index (Phi) is 2.97. The largest absolute Gasteiger partial charge is 0.495 e. The number of benzene rings is 1. The van der Waals surface area contributed by atoms with Crippen LogP contribution < -0.4 is 20.7 Å². The summed E-state index contributed by atoms with van der Waals surface area (Å²) in [6.07, 6.45) is 1.99. The summed E-state index contributed by atoms with van der Waals surface area (Å²) < 4.78 is 5.27. The molecule has 0 radical (unpaired) electrons. The Morgan fingerprint density at radius 1 is 1.47 bits per heavy atom. The van der Waals surface area contributed by atoms with Gasteiger partial charge in [-0.05, 0) is 25.0 Å². The number of nitrogen functional groups attached to an aromatic ring is 1. The van der Waals surface area contributed by atoms with Crippen LogP contribution in [0.2, 0.25) is 0 Å².